The minimum absolute atomic E-state index is 0.0792. The van der Waals surface area contributed by atoms with E-state index in [0.717, 1.165) is 5.56 Å². The third-order valence-corrected chi connectivity index (χ3v) is 2.29. The molecule has 0 spiro atoms. The number of hydrogen-bond acceptors (Lipinski definition) is 3. The van der Waals surface area contributed by atoms with Crippen molar-refractivity contribution in [2.75, 3.05) is 5.32 Å². The van der Waals surface area contributed by atoms with Gasteiger partial charge in [-0.05, 0) is 24.6 Å². The van der Waals surface area contributed by atoms with Crippen LogP contribution in [-0.2, 0) is 0 Å². The van der Waals surface area contributed by atoms with Gasteiger partial charge in [-0.1, -0.05) is 6.07 Å². The molecule has 0 aliphatic rings. The molecular formula is C12H12FN3. The van der Waals surface area contributed by atoms with E-state index in [-0.39, 0.29) is 6.04 Å². The number of pyridine rings is 2. The molecular weight excluding hydrogens is 205 g/mol. The van der Waals surface area contributed by atoms with E-state index < -0.39 is 5.95 Å². The summed E-state index contributed by atoms with van der Waals surface area (Å²) >= 11 is 0. The predicted octanol–water partition coefficient (Wildman–Crippen LogP) is 2.79. The summed E-state index contributed by atoms with van der Waals surface area (Å²) in [7, 11) is 0. The molecule has 0 aliphatic heterocycles. The predicted molar refractivity (Wildman–Crippen MR) is 60.5 cm³/mol. The standard InChI is InChI=1S/C12H12FN3/c1-9(10-3-2-5-14-8-10)16-11-4-6-15-12(13)7-11/h2-9H,1H3,(H,15,16). The third kappa shape index (κ3) is 2.53. The van der Waals surface area contributed by atoms with Crippen LogP contribution in [0.1, 0.15) is 18.5 Å². The van der Waals surface area contributed by atoms with E-state index in [2.05, 4.69) is 15.3 Å². The van der Waals surface area contributed by atoms with Crippen LogP contribution in [-0.4, -0.2) is 9.97 Å². The zero-order chi connectivity index (χ0) is 11.4. The molecule has 0 bridgehead atoms. The van der Waals surface area contributed by atoms with Crippen LogP contribution in [0.4, 0.5) is 10.1 Å². The van der Waals surface area contributed by atoms with Crippen molar-refractivity contribution in [2.45, 2.75) is 13.0 Å². The van der Waals surface area contributed by atoms with Gasteiger partial charge in [-0.2, -0.15) is 4.39 Å². The molecule has 1 atom stereocenters. The molecule has 16 heavy (non-hydrogen) atoms. The molecule has 0 radical (unpaired) electrons. The highest BCUT2D eigenvalue weighted by Crippen LogP contribution is 2.17. The second-order valence-corrected chi connectivity index (χ2v) is 3.52. The highest BCUT2D eigenvalue weighted by atomic mass is 19.1. The number of rotatable bonds is 3. The Morgan fingerprint density at radius 3 is 2.88 bits per heavy atom. The average Bonchev–Trinajstić information content (AvgIpc) is 2.30. The Morgan fingerprint density at radius 1 is 1.31 bits per heavy atom. The zero-order valence-corrected chi connectivity index (χ0v) is 8.89. The Bertz CT molecular complexity index is 459. The lowest BCUT2D eigenvalue weighted by atomic mass is 10.1. The van der Waals surface area contributed by atoms with Crippen LogP contribution in [0.5, 0.6) is 0 Å². The molecule has 2 heterocycles. The second kappa shape index (κ2) is 4.70. The Hall–Kier alpha value is -1.97. The maximum absolute atomic E-state index is 12.9. The lowest BCUT2D eigenvalue weighted by Crippen LogP contribution is -2.07. The van der Waals surface area contributed by atoms with Gasteiger partial charge in [0, 0.05) is 30.3 Å². The number of anilines is 1. The molecule has 3 nitrogen and oxygen atoms in total. The zero-order valence-electron chi connectivity index (χ0n) is 8.89. The molecule has 2 aromatic heterocycles. The molecule has 0 saturated carbocycles. The molecule has 0 aliphatic carbocycles. The fourth-order valence-electron chi connectivity index (χ4n) is 1.46. The molecule has 0 amide bonds. The smallest absolute Gasteiger partial charge is 0.214 e. The monoisotopic (exact) mass is 217 g/mol. The molecule has 2 aromatic rings. The largest absolute Gasteiger partial charge is 0.378 e. The van der Waals surface area contributed by atoms with Crippen LogP contribution in [0, 0.1) is 5.95 Å². The minimum atomic E-state index is -0.483. The summed E-state index contributed by atoms with van der Waals surface area (Å²) in [6.07, 6.45) is 4.95. The Labute approximate surface area is 93.4 Å². The molecule has 2 rings (SSSR count). The van der Waals surface area contributed by atoms with Crippen LogP contribution in [0.2, 0.25) is 0 Å². The second-order valence-electron chi connectivity index (χ2n) is 3.52. The lowest BCUT2D eigenvalue weighted by Gasteiger charge is -2.14. The van der Waals surface area contributed by atoms with Crippen LogP contribution in [0.15, 0.2) is 42.9 Å². The van der Waals surface area contributed by atoms with Crippen molar-refractivity contribution >= 4 is 5.69 Å². The normalized spacial score (nSPS) is 12.1. The first-order valence-electron chi connectivity index (χ1n) is 5.04. The van der Waals surface area contributed by atoms with E-state index in [1.807, 2.05) is 19.1 Å². The highest BCUT2D eigenvalue weighted by molar-refractivity contribution is 5.43. The first kappa shape index (κ1) is 10.5. The van der Waals surface area contributed by atoms with Crippen molar-refractivity contribution in [1.29, 1.82) is 0 Å². The van der Waals surface area contributed by atoms with Gasteiger partial charge in [-0.25, -0.2) is 4.98 Å². The SMILES string of the molecule is CC(Nc1ccnc(F)c1)c1cccnc1. The molecule has 82 valence electrons. The highest BCUT2D eigenvalue weighted by Gasteiger charge is 2.05. The van der Waals surface area contributed by atoms with E-state index in [1.54, 1.807) is 18.5 Å². The molecule has 0 saturated heterocycles. The van der Waals surface area contributed by atoms with Crippen LogP contribution >= 0.6 is 0 Å². The number of nitrogens with one attached hydrogen (secondary N) is 1. The Morgan fingerprint density at radius 2 is 2.19 bits per heavy atom. The Kier molecular flexibility index (Phi) is 3.10. The van der Waals surface area contributed by atoms with Crippen LogP contribution < -0.4 is 5.32 Å². The van der Waals surface area contributed by atoms with Crippen molar-refractivity contribution < 1.29 is 4.39 Å². The summed E-state index contributed by atoms with van der Waals surface area (Å²) in [6.45, 7) is 2.00. The van der Waals surface area contributed by atoms with Crippen molar-refractivity contribution in [1.82, 2.24) is 9.97 Å². The number of aromatic nitrogens is 2. The van der Waals surface area contributed by atoms with Gasteiger partial charge in [0.1, 0.15) is 0 Å². The summed E-state index contributed by atoms with van der Waals surface area (Å²) in [5, 5.41) is 3.18. The van der Waals surface area contributed by atoms with Gasteiger partial charge in [0.15, 0.2) is 0 Å². The van der Waals surface area contributed by atoms with Crippen molar-refractivity contribution in [3.05, 3.63) is 54.4 Å². The fraction of sp³-hybridized carbons (Fsp3) is 0.167. The maximum Gasteiger partial charge on any atom is 0.214 e. The number of halogens is 1. The van der Waals surface area contributed by atoms with Crippen molar-refractivity contribution in [3.8, 4) is 0 Å². The molecule has 4 heteroatoms. The number of hydrogen-bond donors (Lipinski definition) is 1. The summed E-state index contributed by atoms with van der Waals surface area (Å²) in [5.74, 6) is -0.483. The average molecular weight is 217 g/mol. The molecule has 1 N–H and O–H groups in total. The van der Waals surface area contributed by atoms with E-state index in [1.165, 1.54) is 12.3 Å². The quantitative estimate of drug-likeness (QED) is 0.803. The first-order valence-corrected chi connectivity index (χ1v) is 5.04. The summed E-state index contributed by atoms with van der Waals surface area (Å²) in [5.41, 5.74) is 1.77. The summed E-state index contributed by atoms with van der Waals surface area (Å²) < 4.78 is 12.9. The first-order chi connectivity index (χ1) is 7.75. The van der Waals surface area contributed by atoms with E-state index in [9.17, 15) is 4.39 Å². The number of nitrogens with zero attached hydrogens (tertiary/aromatic N) is 2. The van der Waals surface area contributed by atoms with Crippen molar-refractivity contribution in [3.63, 3.8) is 0 Å². The van der Waals surface area contributed by atoms with E-state index >= 15 is 0 Å². The van der Waals surface area contributed by atoms with Gasteiger partial charge in [0.05, 0.1) is 6.04 Å². The van der Waals surface area contributed by atoms with Gasteiger partial charge in [-0.15, -0.1) is 0 Å². The van der Waals surface area contributed by atoms with Crippen LogP contribution in [0.25, 0.3) is 0 Å². The van der Waals surface area contributed by atoms with Crippen LogP contribution in [0.3, 0.4) is 0 Å². The van der Waals surface area contributed by atoms with Crippen molar-refractivity contribution in [2.24, 2.45) is 0 Å². The van der Waals surface area contributed by atoms with E-state index in [4.69, 9.17) is 0 Å². The molecule has 0 fully saturated rings. The summed E-state index contributed by atoms with van der Waals surface area (Å²) in [4.78, 5) is 7.54. The van der Waals surface area contributed by atoms with Gasteiger partial charge in [0.25, 0.3) is 0 Å². The van der Waals surface area contributed by atoms with E-state index in [0.29, 0.717) is 5.69 Å². The summed E-state index contributed by atoms with van der Waals surface area (Å²) in [6, 6.07) is 7.03. The van der Waals surface area contributed by atoms with Gasteiger partial charge < -0.3 is 5.32 Å². The third-order valence-electron chi connectivity index (χ3n) is 2.29. The van der Waals surface area contributed by atoms with Gasteiger partial charge in [0.2, 0.25) is 5.95 Å². The van der Waals surface area contributed by atoms with Gasteiger partial charge in [-0.3, -0.25) is 4.98 Å². The fourth-order valence-corrected chi connectivity index (χ4v) is 1.46. The van der Waals surface area contributed by atoms with Gasteiger partial charge >= 0.3 is 0 Å². The Balaban J connectivity index is 2.11. The topological polar surface area (TPSA) is 37.8 Å². The molecule has 1 unspecified atom stereocenters. The minimum Gasteiger partial charge on any atom is -0.378 e. The maximum atomic E-state index is 12.9. The molecule has 0 aromatic carbocycles. The lowest BCUT2D eigenvalue weighted by molar-refractivity contribution is 0.584.